The Bertz CT molecular complexity index is 1950. The Kier molecular flexibility index (Phi) is 13.6. The molecule has 1 heterocycles. The summed E-state index contributed by atoms with van der Waals surface area (Å²) in [5.74, 6) is -1.72. The zero-order valence-electron chi connectivity index (χ0n) is 33.4. The molecule has 0 saturated heterocycles. The fourth-order valence-electron chi connectivity index (χ4n) is 9.35. The Labute approximate surface area is 340 Å². The van der Waals surface area contributed by atoms with Crippen LogP contribution >= 0.6 is 0 Å². The van der Waals surface area contributed by atoms with E-state index in [1.54, 1.807) is 36.4 Å². The second kappa shape index (κ2) is 19.0. The lowest BCUT2D eigenvalue weighted by Gasteiger charge is -2.60. The van der Waals surface area contributed by atoms with Crippen molar-refractivity contribution in [3.63, 3.8) is 0 Å². The molecule has 6 atom stereocenters. The smallest absolute Gasteiger partial charge is 0.239 e. The molecule has 7 rings (SSSR count). The van der Waals surface area contributed by atoms with Crippen LogP contribution in [0.1, 0.15) is 87.3 Å². The molecule has 11 heteroatoms. The summed E-state index contributed by atoms with van der Waals surface area (Å²) in [7, 11) is 0. The lowest BCUT2D eigenvalue weighted by atomic mass is 9.55. The summed E-state index contributed by atoms with van der Waals surface area (Å²) in [6, 6.07) is 17.8. The number of aliphatic hydroxyl groups excluding tert-OH is 2. The highest BCUT2D eigenvalue weighted by Crippen LogP contribution is 2.62. The van der Waals surface area contributed by atoms with E-state index in [0.29, 0.717) is 42.2 Å². The first-order valence-electron chi connectivity index (χ1n) is 20.9. The average Bonchev–Trinajstić information content (AvgIpc) is 4.09. The lowest BCUT2D eigenvalue weighted by Crippen LogP contribution is -2.70. The van der Waals surface area contributed by atoms with Gasteiger partial charge in [-0.25, -0.2) is 8.78 Å². The van der Waals surface area contributed by atoms with Gasteiger partial charge in [-0.2, -0.15) is 0 Å². The zero-order valence-corrected chi connectivity index (χ0v) is 33.4. The topological polar surface area (TPSA) is 110 Å². The number of carbonyl (C=O) groups is 1. The standard InChI is InChI=1S/C47H56F2N2O7/c1-3-25-56-47-43(51(46(54)32-17-18-32)29-31-15-19-35(48)20-16-31)28-41(50-57-4-2)38-26-33(11-7-9-23-52)37(13-8-10-24-53)44(45(38)47)39-27-36(21-22-42(39)58-47)55-30-34-12-5-6-14-40(34)49/h3,5-6,12,14-16,19-22,26-27,32-33,37,43-45,52-53H,1,4,7-11,13,17-18,23-25,28-30H2,2H3/t33-,37+,43-,44+,45+,47+/m0/s1. The van der Waals surface area contributed by atoms with E-state index in [-0.39, 0.29) is 80.6 Å². The van der Waals surface area contributed by atoms with Crippen molar-refractivity contribution < 1.29 is 42.8 Å². The van der Waals surface area contributed by atoms with Gasteiger partial charge in [-0.1, -0.05) is 60.5 Å². The Balaban J connectivity index is 1.42. The highest BCUT2D eigenvalue weighted by Gasteiger charge is 2.66. The van der Waals surface area contributed by atoms with Crippen molar-refractivity contribution in [3.8, 4) is 11.5 Å². The number of aliphatic hydroxyl groups is 2. The summed E-state index contributed by atoms with van der Waals surface area (Å²) in [6.45, 7) is 6.80. The van der Waals surface area contributed by atoms with Crippen LogP contribution in [-0.4, -0.2) is 65.0 Å². The van der Waals surface area contributed by atoms with Crippen LogP contribution in [0.15, 0.2) is 96.2 Å². The number of ether oxygens (including phenoxy) is 3. The van der Waals surface area contributed by atoms with Gasteiger partial charge in [0.25, 0.3) is 0 Å². The minimum absolute atomic E-state index is 0.0147. The van der Waals surface area contributed by atoms with Crippen molar-refractivity contribution in [2.45, 2.75) is 95.6 Å². The van der Waals surface area contributed by atoms with Gasteiger partial charge in [0, 0.05) is 49.1 Å². The maximum absolute atomic E-state index is 14.7. The molecule has 3 aromatic carbocycles. The number of halogens is 2. The van der Waals surface area contributed by atoms with Gasteiger partial charge >= 0.3 is 0 Å². The third kappa shape index (κ3) is 8.87. The molecule has 0 unspecified atom stereocenters. The molecule has 0 aromatic heterocycles. The minimum Gasteiger partial charge on any atom is -0.489 e. The maximum atomic E-state index is 14.7. The van der Waals surface area contributed by atoms with E-state index in [4.69, 9.17) is 24.2 Å². The first-order chi connectivity index (χ1) is 28.3. The van der Waals surface area contributed by atoms with Gasteiger partial charge in [0.05, 0.1) is 18.2 Å². The van der Waals surface area contributed by atoms with Crippen LogP contribution in [-0.2, 0) is 27.5 Å². The first-order valence-corrected chi connectivity index (χ1v) is 20.9. The molecular formula is C47H56F2N2O7. The van der Waals surface area contributed by atoms with Crippen molar-refractivity contribution >= 4 is 11.6 Å². The second-order valence-corrected chi connectivity index (χ2v) is 15.9. The van der Waals surface area contributed by atoms with Gasteiger partial charge in [0.2, 0.25) is 11.7 Å². The molecule has 58 heavy (non-hydrogen) atoms. The molecule has 0 bridgehead atoms. The van der Waals surface area contributed by atoms with E-state index in [1.165, 1.54) is 18.2 Å². The molecule has 4 aliphatic rings. The van der Waals surface area contributed by atoms with Crippen LogP contribution in [0.4, 0.5) is 8.78 Å². The normalized spacial score (nSPS) is 25.2. The number of fused-ring (bicyclic) bond motifs is 2. The molecule has 0 radical (unpaired) electrons. The molecule has 9 nitrogen and oxygen atoms in total. The van der Waals surface area contributed by atoms with E-state index < -0.39 is 17.7 Å². The predicted octanol–water partition coefficient (Wildman–Crippen LogP) is 8.64. The Morgan fingerprint density at radius 1 is 1.02 bits per heavy atom. The minimum atomic E-state index is -1.41. The fourth-order valence-corrected chi connectivity index (χ4v) is 9.35. The molecule has 1 amide bonds. The summed E-state index contributed by atoms with van der Waals surface area (Å²) in [5.41, 5.74) is 3.78. The number of allylic oxidation sites excluding steroid dienone is 1. The van der Waals surface area contributed by atoms with Gasteiger partial charge in [-0.3, -0.25) is 4.79 Å². The molecule has 310 valence electrons. The lowest BCUT2D eigenvalue weighted by molar-refractivity contribution is -0.258. The van der Waals surface area contributed by atoms with Gasteiger partial charge in [0.15, 0.2) is 0 Å². The molecular weight excluding hydrogens is 743 g/mol. The third-order valence-corrected chi connectivity index (χ3v) is 12.2. The third-order valence-electron chi connectivity index (χ3n) is 12.2. The van der Waals surface area contributed by atoms with Crippen LogP contribution in [0, 0.1) is 35.3 Å². The van der Waals surface area contributed by atoms with Crippen LogP contribution in [0.3, 0.4) is 0 Å². The Morgan fingerprint density at radius 2 is 1.78 bits per heavy atom. The molecule has 1 aliphatic heterocycles. The van der Waals surface area contributed by atoms with Gasteiger partial charge < -0.3 is 34.2 Å². The van der Waals surface area contributed by atoms with Crippen LogP contribution < -0.4 is 9.47 Å². The summed E-state index contributed by atoms with van der Waals surface area (Å²) in [5, 5.41) is 24.5. The largest absolute Gasteiger partial charge is 0.489 e. The first kappa shape index (κ1) is 41.6. The SMILES string of the molecule is C=CCO[C@@]12Oc3ccc(OCc4ccccc4F)cc3[C@H]3[C@H](CCCCO)[C@@H](CCCCO)C=C(C(=NOCC)C[C@@H]1N(Cc1ccc(F)cc1)C(=O)C1CC1)[C@H]32. The Morgan fingerprint density at radius 3 is 2.48 bits per heavy atom. The monoisotopic (exact) mass is 798 g/mol. The van der Waals surface area contributed by atoms with Crippen LogP contribution in [0.5, 0.6) is 11.5 Å². The molecule has 3 aromatic rings. The van der Waals surface area contributed by atoms with E-state index in [9.17, 15) is 23.8 Å². The van der Waals surface area contributed by atoms with Crippen molar-refractivity contribution in [2.24, 2.45) is 28.8 Å². The molecule has 2 saturated carbocycles. The summed E-state index contributed by atoms with van der Waals surface area (Å²) in [6.07, 6.45) is 10.4. The number of rotatable bonds is 20. The van der Waals surface area contributed by atoms with Crippen molar-refractivity contribution in [1.29, 1.82) is 0 Å². The highest BCUT2D eigenvalue weighted by atomic mass is 19.1. The summed E-state index contributed by atoms with van der Waals surface area (Å²) >= 11 is 0. The summed E-state index contributed by atoms with van der Waals surface area (Å²) < 4.78 is 49.5. The van der Waals surface area contributed by atoms with E-state index in [0.717, 1.165) is 55.2 Å². The number of unbranched alkanes of at least 4 members (excludes halogenated alkanes) is 2. The highest BCUT2D eigenvalue weighted by molar-refractivity contribution is 6.03. The molecule has 2 N–H and O–H groups in total. The van der Waals surface area contributed by atoms with E-state index in [1.807, 2.05) is 30.0 Å². The number of amides is 1. The van der Waals surface area contributed by atoms with Crippen LogP contribution in [0.2, 0.25) is 0 Å². The van der Waals surface area contributed by atoms with Crippen molar-refractivity contribution in [3.05, 3.63) is 119 Å². The van der Waals surface area contributed by atoms with Crippen LogP contribution in [0.25, 0.3) is 0 Å². The molecule has 2 fully saturated rings. The van der Waals surface area contributed by atoms with E-state index >= 15 is 0 Å². The summed E-state index contributed by atoms with van der Waals surface area (Å²) in [4.78, 5) is 22.3. The average molecular weight is 799 g/mol. The number of oxime groups is 1. The van der Waals surface area contributed by atoms with Gasteiger partial charge in [-0.15, -0.1) is 6.58 Å². The number of hydrogen-bond donors (Lipinski definition) is 2. The van der Waals surface area contributed by atoms with Crippen molar-refractivity contribution in [2.75, 3.05) is 26.4 Å². The predicted molar refractivity (Wildman–Crippen MR) is 217 cm³/mol. The number of benzene rings is 3. The zero-order chi connectivity index (χ0) is 40.6. The second-order valence-electron chi connectivity index (χ2n) is 15.9. The van der Waals surface area contributed by atoms with Crippen molar-refractivity contribution in [1.82, 2.24) is 4.90 Å². The maximum Gasteiger partial charge on any atom is 0.239 e. The van der Waals surface area contributed by atoms with E-state index in [2.05, 4.69) is 12.7 Å². The quantitative estimate of drug-likeness (QED) is 0.0670. The number of hydrogen-bond acceptors (Lipinski definition) is 8. The number of carbonyl (C=O) groups excluding carboxylic acids is 1. The molecule has 0 spiro atoms. The Hall–Kier alpha value is -4.58. The van der Waals surface area contributed by atoms with Gasteiger partial charge in [-0.05, 0) is 105 Å². The fraction of sp³-hybridized carbons (Fsp3) is 0.489. The van der Waals surface area contributed by atoms with Gasteiger partial charge in [0.1, 0.15) is 42.4 Å². The number of nitrogens with zero attached hydrogens (tertiary/aromatic N) is 2. The molecule has 3 aliphatic carbocycles.